The molecule has 0 radical (unpaired) electrons. The van der Waals surface area contributed by atoms with Gasteiger partial charge in [0, 0.05) is 25.2 Å². The summed E-state index contributed by atoms with van der Waals surface area (Å²) in [5, 5.41) is 3.33. The van der Waals surface area contributed by atoms with Gasteiger partial charge in [0.15, 0.2) is 0 Å². The number of carbonyl (C=O) groups is 1. The standard InChI is InChI=1S/C15H22N2O/c1-4-17(10-11(2)3)15(18)14-9-12-7-5-6-8-13(12)16-14/h5-8,11,14,16H,4,9-10H2,1-3H3. The quantitative estimate of drug-likeness (QED) is 0.885. The van der Waals surface area contributed by atoms with Gasteiger partial charge in [0.1, 0.15) is 6.04 Å². The SMILES string of the molecule is CCN(CC(C)C)C(=O)C1Cc2ccccc2N1. The molecular weight excluding hydrogens is 224 g/mol. The predicted octanol–water partition coefficient (Wildman–Crippen LogP) is 2.53. The maximum atomic E-state index is 12.4. The van der Waals surface area contributed by atoms with E-state index in [4.69, 9.17) is 0 Å². The number of rotatable bonds is 4. The van der Waals surface area contributed by atoms with Crippen LogP contribution in [0.25, 0.3) is 0 Å². The number of likely N-dealkylation sites (N-methyl/N-ethyl adjacent to an activating group) is 1. The Balaban J connectivity index is 2.04. The van der Waals surface area contributed by atoms with E-state index in [9.17, 15) is 4.79 Å². The zero-order valence-electron chi connectivity index (χ0n) is 11.4. The molecule has 1 aliphatic heterocycles. The largest absolute Gasteiger partial charge is 0.373 e. The number of anilines is 1. The number of hydrogen-bond acceptors (Lipinski definition) is 2. The third kappa shape index (κ3) is 2.66. The Morgan fingerprint density at radius 3 is 2.78 bits per heavy atom. The fourth-order valence-electron chi connectivity index (χ4n) is 2.48. The van der Waals surface area contributed by atoms with Crippen LogP contribution in [0.1, 0.15) is 26.3 Å². The molecule has 1 aromatic rings. The average molecular weight is 246 g/mol. The number of carbonyl (C=O) groups excluding carboxylic acids is 1. The third-order valence-corrected chi connectivity index (χ3v) is 3.35. The predicted molar refractivity (Wildman–Crippen MR) is 74.6 cm³/mol. The maximum Gasteiger partial charge on any atom is 0.245 e. The highest BCUT2D eigenvalue weighted by molar-refractivity contribution is 5.87. The second-order valence-corrected chi connectivity index (χ2v) is 5.33. The lowest BCUT2D eigenvalue weighted by Crippen LogP contribution is -2.43. The fourth-order valence-corrected chi connectivity index (χ4v) is 2.48. The molecular formula is C15H22N2O. The lowest BCUT2D eigenvalue weighted by Gasteiger charge is -2.26. The molecule has 1 heterocycles. The van der Waals surface area contributed by atoms with Crippen molar-refractivity contribution in [2.45, 2.75) is 33.2 Å². The molecule has 1 amide bonds. The minimum Gasteiger partial charge on any atom is -0.373 e. The van der Waals surface area contributed by atoms with Gasteiger partial charge in [-0.05, 0) is 24.5 Å². The van der Waals surface area contributed by atoms with E-state index in [1.54, 1.807) is 0 Å². The molecule has 0 aliphatic carbocycles. The number of nitrogens with one attached hydrogen (secondary N) is 1. The normalized spacial score (nSPS) is 17.4. The van der Waals surface area contributed by atoms with Gasteiger partial charge in [-0.2, -0.15) is 0 Å². The van der Waals surface area contributed by atoms with Crippen molar-refractivity contribution < 1.29 is 4.79 Å². The van der Waals surface area contributed by atoms with Crippen LogP contribution in [0, 0.1) is 5.92 Å². The molecule has 18 heavy (non-hydrogen) atoms. The second kappa shape index (κ2) is 5.42. The first kappa shape index (κ1) is 12.9. The van der Waals surface area contributed by atoms with Crippen molar-refractivity contribution in [2.75, 3.05) is 18.4 Å². The molecule has 1 atom stereocenters. The van der Waals surface area contributed by atoms with Gasteiger partial charge in [-0.15, -0.1) is 0 Å². The van der Waals surface area contributed by atoms with Gasteiger partial charge in [-0.1, -0.05) is 32.0 Å². The van der Waals surface area contributed by atoms with Crippen LogP contribution < -0.4 is 5.32 Å². The molecule has 3 heteroatoms. The lowest BCUT2D eigenvalue weighted by molar-refractivity contribution is -0.132. The van der Waals surface area contributed by atoms with E-state index in [0.29, 0.717) is 5.92 Å². The summed E-state index contributed by atoms with van der Waals surface area (Å²) in [6, 6.07) is 8.08. The van der Waals surface area contributed by atoms with Gasteiger partial charge < -0.3 is 10.2 Å². The molecule has 0 spiro atoms. The molecule has 1 N–H and O–H groups in total. The van der Waals surface area contributed by atoms with Crippen LogP contribution in [0.5, 0.6) is 0 Å². The first-order valence-corrected chi connectivity index (χ1v) is 6.75. The fraction of sp³-hybridized carbons (Fsp3) is 0.533. The zero-order valence-corrected chi connectivity index (χ0v) is 11.4. The Labute approximate surface area is 109 Å². The molecule has 1 aromatic carbocycles. The zero-order chi connectivity index (χ0) is 13.1. The number of nitrogens with zero attached hydrogens (tertiary/aromatic N) is 1. The number of fused-ring (bicyclic) bond motifs is 1. The van der Waals surface area contributed by atoms with Crippen molar-refractivity contribution >= 4 is 11.6 Å². The van der Waals surface area contributed by atoms with Crippen LogP contribution in [-0.2, 0) is 11.2 Å². The Kier molecular flexibility index (Phi) is 3.90. The van der Waals surface area contributed by atoms with Crippen molar-refractivity contribution in [3.8, 4) is 0 Å². The van der Waals surface area contributed by atoms with Gasteiger partial charge in [-0.3, -0.25) is 4.79 Å². The van der Waals surface area contributed by atoms with Gasteiger partial charge in [0.25, 0.3) is 0 Å². The van der Waals surface area contributed by atoms with E-state index in [1.807, 2.05) is 30.0 Å². The van der Waals surface area contributed by atoms with Crippen molar-refractivity contribution in [2.24, 2.45) is 5.92 Å². The Bertz CT molecular complexity index is 403. The highest BCUT2D eigenvalue weighted by atomic mass is 16.2. The molecule has 1 unspecified atom stereocenters. The number of hydrogen-bond donors (Lipinski definition) is 1. The molecule has 0 saturated carbocycles. The van der Waals surface area contributed by atoms with Crippen molar-refractivity contribution in [3.05, 3.63) is 29.8 Å². The first-order chi connectivity index (χ1) is 8.61. The van der Waals surface area contributed by atoms with Gasteiger partial charge >= 0.3 is 0 Å². The molecule has 0 fully saturated rings. The van der Waals surface area contributed by atoms with E-state index in [2.05, 4.69) is 25.2 Å². The lowest BCUT2D eigenvalue weighted by atomic mass is 10.1. The first-order valence-electron chi connectivity index (χ1n) is 6.75. The van der Waals surface area contributed by atoms with Gasteiger partial charge in [0.05, 0.1) is 0 Å². The van der Waals surface area contributed by atoms with Crippen LogP contribution in [0.3, 0.4) is 0 Å². The summed E-state index contributed by atoms with van der Waals surface area (Å²) < 4.78 is 0. The van der Waals surface area contributed by atoms with Crippen LogP contribution in [0.4, 0.5) is 5.69 Å². The van der Waals surface area contributed by atoms with Gasteiger partial charge in [0.2, 0.25) is 5.91 Å². The van der Waals surface area contributed by atoms with E-state index in [1.165, 1.54) is 5.56 Å². The highest BCUT2D eigenvalue weighted by Crippen LogP contribution is 2.26. The van der Waals surface area contributed by atoms with Crippen LogP contribution >= 0.6 is 0 Å². The summed E-state index contributed by atoms with van der Waals surface area (Å²) in [7, 11) is 0. The minimum absolute atomic E-state index is 0.0823. The Hall–Kier alpha value is -1.51. The molecule has 3 nitrogen and oxygen atoms in total. The molecule has 98 valence electrons. The van der Waals surface area contributed by atoms with E-state index >= 15 is 0 Å². The van der Waals surface area contributed by atoms with Crippen LogP contribution in [0.15, 0.2) is 24.3 Å². The smallest absolute Gasteiger partial charge is 0.245 e. The Morgan fingerprint density at radius 1 is 1.44 bits per heavy atom. The van der Waals surface area contributed by atoms with E-state index < -0.39 is 0 Å². The Morgan fingerprint density at radius 2 is 2.17 bits per heavy atom. The molecule has 0 aromatic heterocycles. The molecule has 0 saturated heterocycles. The van der Waals surface area contributed by atoms with Crippen molar-refractivity contribution in [1.82, 2.24) is 4.90 Å². The van der Waals surface area contributed by atoms with Crippen LogP contribution in [0.2, 0.25) is 0 Å². The maximum absolute atomic E-state index is 12.4. The second-order valence-electron chi connectivity index (χ2n) is 5.33. The van der Waals surface area contributed by atoms with Crippen LogP contribution in [-0.4, -0.2) is 29.9 Å². The summed E-state index contributed by atoms with van der Waals surface area (Å²) in [5.41, 5.74) is 2.35. The molecule has 1 aliphatic rings. The summed E-state index contributed by atoms with van der Waals surface area (Å²) in [6.45, 7) is 7.96. The topological polar surface area (TPSA) is 32.3 Å². The average Bonchev–Trinajstić information content (AvgIpc) is 2.78. The van der Waals surface area contributed by atoms with Crippen molar-refractivity contribution in [1.29, 1.82) is 0 Å². The summed E-state index contributed by atoms with van der Waals surface area (Å²) in [5.74, 6) is 0.736. The number of amides is 1. The minimum atomic E-state index is -0.0823. The summed E-state index contributed by atoms with van der Waals surface area (Å²) in [4.78, 5) is 14.4. The summed E-state index contributed by atoms with van der Waals surface area (Å²) in [6.07, 6.45) is 0.809. The monoisotopic (exact) mass is 246 g/mol. The van der Waals surface area contributed by atoms with E-state index in [0.717, 1.165) is 25.2 Å². The number of benzene rings is 1. The summed E-state index contributed by atoms with van der Waals surface area (Å²) >= 11 is 0. The van der Waals surface area contributed by atoms with Gasteiger partial charge in [-0.25, -0.2) is 0 Å². The van der Waals surface area contributed by atoms with Crippen molar-refractivity contribution in [3.63, 3.8) is 0 Å². The highest BCUT2D eigenvalue weighted by Gasteiger charge is 2.29. The third-order valence-electron chi connectivity index (χ3n) is 3.35. The molecule has 0 bridgehead atoms. The molecule has 2 rings (SSSR count). The van der Waals surface area contributed by atoms with E-state index in [-0.39, 0.29) is 11.9 Å². The number of para-hydroxylation sites is 1.